The smallest absolute Gasteiger partial charge is 0.346 e. The van der Waals surface area contributed by atoms with E-state index >= 15 is 0 Å². The normalized spacial score (nSPS) is 12.1. The van der Waals surface area contributed by atoms with Crippen LogP contribution in [0.15, 0.2) is 18.2 Å². The lowest BCUT2D eigenvalue weighted by molar-refractivity contribution is -0.147. The zero-order chi connectivity index (χ0) is 15.1. The van der Waals surface area contributed by atoms with Crippen LogP contribution in [0.25, 0.3) is 0 Å². The molecule has 1 aromatic rings. The summed E-state index contributed by atoms with van der Waals surface area (Å²) in [4.78, 5) is 11.4. The average molecular weight is 281 g/mol. The largest absolute Gasteiger partial charge is 0.493 e. The summed E-state index contributed by atoms with van der Waals surface area (Å²) in [5, 5.41) is 3.33. The molecule has 5 nitrogen and oxygen atoms in total. The molecular weight excluding hydrogens is 258 g/mol. The summed E-state index contributed by atoms with van der Waals surface area (Å²) in [6, 6.07) is 6.06. The number of rotatable bonds is 7. The highest BCUT2D eigenvalue weighted by Gasteiger charge is 2.17. The summed E-state index contributed by atoms with van der Waals surface area (Å²) in [5.41, 5.74) is 1.06. The van der Waals surface area contributed by atoms with E-state index in [4.69, 9.17) is 9.47 Å². The molecule has 0 aromatic heterocycles. The molecule has 1 unspecified atom stereocenters. The van der Waals surface area contributed by atoms with E-state index in [-0.39, 0.29) is 0 Å². The van der Waals surface area contributed by atoms with Crippen LogP contribution in [0.3, 0.4) is 0 Å². The number of esters is 1. The topological polar surface area (TPSA) is 56.8 Å². The minimum Gasteiger partial charge on any atom is -0.493 e. The number of nitrogens with one attached hydrogen (secondary N) is 1. The lowest BCUT2D eigenvalue weighted by Crippen LogP contribution is -2.25. The van der Waals surface area contributed by atoms with Crippen molar-refractivity contribution < 1.29 is 19.0 Å². The van der Waals surface area contributed by atoms with Gasteiger partial charge in [-0.1, -0.05) is 19.9 Å². The van der Waals surface area contributed by atoms with Crippen LogP contribution in [0.4, 0.5) is 0 Å². The fraction of sp³-hybridized carbons (Fsp3) is 0.533. The zero-order valence-corrected chi connectivity index (χ0v) is 12.7. The lowest BCUT2D eigenvalue weighted by Gasteiger charge is -2.16. The second-order valence-electron chi connectivity index (χ2n) is 4.80. The van der Waals surface area contributed by atoms with Crippen molar-refractivity contribution in [3.8, 4) is 11.5 Å². The Balaban J connectivity index is 2.85. The molecule has 0 spiro atoms. The monoisotopic (exact) mass is 281 g/mol. The first-order valence-corrected chi connectivity index (χ1v) is 6.62. The Bertz CT molecular complexity index is 445. The second-order valence-corrected chi connectivity index (χ2v) is 4.80. The molecule has 0 aliphatic heterocycles. The molecule has 1 N–H and O–H groups in total. The van der Waals surface area contributed by atoms with Crippen LogP contribution in [0.2, 0.25) is 0 Å². The third-order valence-corrected chi connectivity index (χ3v) is 2.78. The Kier molecular flexibility index (Phi) is 6.31. The van der Waals surface area contributed by atoms with E-state index in [1.165, 1.54) is 7.11 Å². The molecule has 0 aliphatic carbocycles. The molecule has 0 aliphatic rings. The summed E-state index contributed by atoms with van der Waals surface area (Å²) in [6.45, 7) is 6.54. The van der Waals surface area contributed by atoms with Gasteiger partial charge in [-0.25, -0.2) is 4.79 Å². The summed E-state index contributed by atoms with van der Waals surface area (Å²) in [5.74, 6) is 0.709. The Morgan fingerprint density at radius 2 is 1.90 bits per heavy atom. The molecule has 0 heterocycles. The van der Waals surface area contributed by atoms with Gasteiger partial charge in [-0.05, 0) is 24.6 Å². The van der Waals surface area contributed by atoms with Crippen molar-refractivity contribution in [2.75, 3.05) is 14.2 Å². The van der Waals surface area contributed by atoms with Gasteiger partial charge in [0, 0.05) is 12.6 Å². The maximum atomic E-state index is 11.4. The van der Waals surface area contributed by atoms with E-state index in [2.05, 4.69) is 23.9 Å². The Hall–Kier alpha value is -1.75. The number of carbonyl (C=O) groups excluding carboxylic acids is 1. The van der Waals surface area contributed by atoms with Crippen LogP contribution in [-0.4, -0.2) is 32.3 Å². The standard InChI is InChI=1S/C15H23NO4/c1-10(2)16-9-12-6-7-13(18-4)14(8-12)20-11(3)15(17)19-5/h6-8,10-11,16H,9H2,1-5H3. The number of carbonyl (C=O) groups is 1. The van der Waals surface area contributed by atoms with Crippen molar-refractivity contribution in [3.05, 3.63) is 23.8 Å². The molecule has 0 radical (unpaired) electrons. The van der Waals surface area contributed by atoms with Gasteiger partial charge in [-0.2, -0.15) is 0 Å². The highest BCUT2D eigenvalue weighted by molar-refractivity contribution is 5.74. The highest BCUT2D eigenvalue weighted by atomic mass is 16.6. The lowest BCUT2D eigenvalue weighted by atomic mass is 10.2. The predicted molar refractivity (Wildman–Crippen MR) is 77.1 cm³/mol. The van der Waals surface area contributed by atoms with Crippen LogP contribution >= 0.6 is 0 Å². The SMILES string of the molecule is COC(=O)C(C)Oc1cc(CNC(C)C)ccc1OC. The minimum absolute atomic E-state index is 0.399. The fourth-order valence-electron chi connectivity index (χ4n) is 1.65. The molecule has 5 heteroatoms. The van der Waals surface area contributed by atoms with Crippen LogP contribution in [0, 0.1) is 0 Å². The number of benzene rings is 1. The zero-order valence-electron chi connectivity index (χ0n) is 12.7. The molecular formula is C15H23NO4. The Morgan fingerprint density at radius 1 is 1.20 bits per heavy atom. The van der Waals surface area contributed by atoms with E-state index < -0.39 is 12.1 Å². The van der Waals surface area contributed by atoms with Crippen molar-refractivity contribution in [2.24, 2.45) is 0 Å². The molecule has 112 valence electrons. The van der Waals surface area contributed by atoms with E-state index in [9.17, 15) is 4.79 Å². The third kappa shape index (κ3) is 4.74. The Labute approximate surface area is 120 Å². The quantitative estimate of drug-likeness (QED) is 0.776. The van der Waals surface area contributed by atoms with Gasteiger partial charge in [0.1, 0.15) is 0 Å². The molecule has 1 aromatic carbocycles. The van der Waals surface area contributed by atoms with Gasteiger partial charge in [-0.15, -0.1) is 0 Å². The molecule has 1 rings (SSSR count). The molecule has 20 heavy (non-hydrogen) atoms. The van der Waals surface area contributed by atoms with Gasteiger partial charge in [0.15, 0.2) is 17.6 Å². The van der Waals surface area contributed by atoms with E-state index in [1.54, 1.807) is 14.0 Å². The van der Waals surface area contributed by atoms with Crippen molar-refractivity contribution in [3.63, 3.8) is 0 Å². The van der Waals surface area contributed by atoms with Crippen LogP contribution in [-0.2, 0) is 16.1 Å². The number of methoxy groups -OCH3 is 2. The molecule has 0 fully saturated rings. The first-order valence-electron chi connectivity index (χ1n) is 6.62. The van der Waals surface area contributed by atoms with E-state index in [0.717, 1.165) is 12.1 Å². The maximum Gasteiger partial charge on any atom is 0.346 e. The molecule has 0 bridgehead atoms. The van der Waals surface area contributed by atoms with Gasteiger partial charge in [-0.3, -0.25) is 0 Å². The van der Waals surface area contributed by atoms with Crippen molar-refractivity contribution in [1.82, 2.24) is 5.32 Å². The van der Waals surface area contributed by atoms with Crippen LogP contribution in [0.1, 0.15) is 26.3 Å². The minimum atomic E-state index is -0.679. The highest BCUT2D eigenvalue weighted by Crippen LogP contribution is 2.29. The Morgan fingerprint density at radius 3 is 2.45 bits per heavy atom. The van der Waals surface area contributed by atoms with Gasteiger partial charge in [0.25, 0.3) is 0 Å². The fourth-order valence-corrected chi connectivity index (χ4v) is 1.65. The van der Waals surface area contributed by atoms with Crippen LogP contribution in [0.5, 0.6) is 11.5 Å². The van der Waals surface area contributed by atoms with Gasteiger partial charge >= 0.3 is 5.97 Å². The number of hydrogen-bond acceptors (Lipinski definition) is 5. The number of hydrogen-bond donors (Lipinski definition) is 1. The molecule has 0 saturated carbocycles. The van der Waals surface area contributed by atoms with Crippen molar-refractivity contribution >= 4 is 5.97 Å². The van der Waals surface area contributed by atoms with Crippen LogP contribution < -0.4 is 14.8 Å². The summed E-state index contributed by atoms with van der Waals surface area (Å²) in [7, 11) is 2.90. The maximum absolute atomic E-state index is 11.4. The molecule has 1 atom stereocenters. The van der Waals surface area contributed by atoms with Gasteiger partial charge < -0.3 is 19.5 Å². The van der Waals surface area contributed by atoms with E-state index in [1.807, 2.05) is 18.2 Å². The molecule has 0 saturated heterocycles. The predicted octanol–water partition coefficient (Wildman–Crippen LogP) is 2.13. The van der Waals surface area contributed by atoms with Gasteiger partial charge in [0.2, 0.25) is 0 Å². The second kappa shape index (κ2) is 7.75. The summed E-state index contributed by atoms with van der Waals surface area (Å²) >= 11 is 0. The van der Waals surface area contributed by atoms with E-state index in [0.29, 0.717) is 17.5 Å². The summed E-state index contributed by atoms with van der Waals surface area (Å²) in [6.07, 6.45) is -0.679. The first kappa shape index (κ1) is 16.3. The number of ether oxygens (including phenoxy) is 3. The third-order valence-electron chi connectivity index (χ3n) is 2.78. The van der Waals surface area contributed by atoms with Crippen molar-refractivity contribution in [1.29, 1.82) is 0 Å². The molecule has 0 amide bonds. The van der Waals surface area contributed by atoms with Crippen molar-refractivity contribution in [2.45, 2.75) is 39.5 Å². The van der Waals surface area contributed by atoms with Gasteiger partial charge in [0.05, 0.1) is 14.2 Å². The summed E-state index contributed by atoms with van der Waals surface area (Å²) < 4.78 is 15.5. The average Bonchev–Trinajstić information content (AvgIpc) is 2.44. The first-order chi connectivity index (χ1) is 9.47.